The van der Waals surface area contributed by atoms with Gasteiger partial charge in [-0.1, -0.05) is 48.5 Å². The van der Waals surface area contributed by atoms with E-state index in [1.54, 1.807) is 0 Å². The second-order valence-electron chi connectivity index (χ2n) is 8.08. The Morgan fingerprint density at radius 3 is 2.55 bits per heavy atom. The molecule has 1 unspecified atom stereocenters. The highest BCUT2D eigenvalue weighted by atomic mass is 127. The van der Waals surface area contributed by atoms with Gasteiger partial charge in [0.1, 0.15) is 17.9 Å². The van der Waals surface area contributed by atoms with E-state index >= 15 is 0 Å². The number of para-hydroxylation sites is 1. The third-order valence-electron chi connectivity index (χ3n) is 4.99. The minimum atomic E-state index is -0.280. The summed E-state index contributed by atoms with van der Waals surface area (Å²) in [4.78, 5) is 16.7. The lowest BCUT2D eigenvalue weighted by molar-refractivity contribution is -0.119. The van der Waals surface area contributed by atoms with Crippen LogP contribution in [0.1, 0.15) is 44.4 Å². The number of aliphatic imine (C=N–C) groups is 1. The van der Waals surface area contributed by atoms with E-state index in [1.807, 2.05) is 43.3 Å². The summed E-state index contributed by atoms with van der Waals surface area (Å²) in [6, 6.07) is 18.2. The van der Waals surface area contributed by atoms with Crippen molar-refractivity contribution in [2.45, 2.75) is 45.3 Å². The van der Waals surface area contributed by atoms with Crippen LogP contribution >= 0.6 is 24.0 Å². The van der Waals surface area contributed by atoms with E-state index in [9.17, 15) is 4.79 Å². The number of nitrogens with one attached hydrogen (secondary N) is 3. The third-order valence-corrected chi connectivity index (χ3v) is 4.99. The zero-order valence-corrected chi connectivity index (χ0v) is 20.8. The van der Waals surface area contributed by atoms with E-state index in [0.717, 1.165) is 30.7 Å². The lowest BCUT2D eigenvalue weighted by Crippen LogP contribution is -2.45. The topological polar surface area (TPSA) is 74.8 Å². The van der Waals surface area contributed by atoms with Gasteiger partial charge >= 0.3 is 0 Å². The van der Waals surface area contributed by atoms with E-state index in [0.29, 0.717) is 12.5 Å². The van der Waals surface area contributed by atoms with Crippen molar-refractivity contribution in [1.29, 1.82) is 0 Å². The van der Waals surface area contributed by atoms with E-state index in [-0.39, 0.29) is 48.1 Å². The molecule has 0 bridgehead atoms. The van der Waals surface area contributed by atoms with Crippen molar-refractivity contribution in [3.63, 3.8) is 0 Å². The van der Waals surface area contributed by atoms with Gasteiger partial charge in [-0.15, -0.1) is 24.0 Å². The number of carbonyl (C=O) groups excluding carboxylic acids is 1. The summed E-state index contributed by atoms with van der Waals surface area (Å²) < 4.78 is 6.11. The molecular formula is C24H33IN4O2. The van der Waals surface area contributed by atoms with Crippen molar-refractivity contribution in [2.75, 3.05) is 19.6 Å². The van der Waals surface area contributed by atoms with Crippen LogP contribution in [0.15, 0.2) is 59.6 Å². The summed E-state index contributed by atoms with van der Waals surface area (Å²) >= 11 is 0. The van der Waals surface area contributed by atoms with Gasteiger partial charge in [0, 0.05) is 25.1 Å². The molecular weight excluding hydrogens is 503 g/mol. The first-order valence-electron chi connectivity index (χ1n) is 10.6. The molecule has 2 aromatic carbocycles. The van der Waals surface area contributed by atoms with Gasteiger partial charge in [-0.3, -0.25) is 4.79 Å². The molecule has 168 valence electrons. The molecule has 0 aliphatic carbocycles. The van der Waals surface area contributed by atoms with Crippen LogP contribution in [0.2, 0.25) is 0 Å². The maximum atomic E-state index is 12.2. The van der Waals surface area contributed by atoms with Gasteiger partial charge < -0.3 is 20.7 Å². The lowest BCUT2D eigenvalue weighted by Gasteiger charge is -2.38. The fraction of sp³-hybridized carbons (Fsp3) is 0.417. The largest absolute Gasteiger partial charge is 0.487 e. The average Bonchev–Trinajstić information content (AvgIpc) is 2.72. The van der Waals surface area contributed by atoms with E-state index in [4.69, 9.17) is 4.74 Å². The highest BCUT2D eigenvalue weighted by molar-refractivity contribution is 14.0. The predicted octanol–water partition coefficient (Wildman–Crippen LogP) is 3.82. The van der Waals surface area contributed by atoms with Crippen molar-refractivity contribution >= 4 is 35.8 Å². The predicted molar refractivity (Wildman–Crippen MR) is 136 cm³/mol. The molecule has 7 heteroatoms. The minimum Gasteiger partial charge on any atom is -0.487 e. The van der Waals surface area contributed by atoms with Crippen LogP contribution in [0.5, 0.6) is 5.75 Å². The molecule has 3 rings (SSSR count). The fourth-order valence-corrected chi connectivity index (χ4v) is 3.61. The standard InChI is InChI=1S/C24H32N4O2.HI/c1-4-25-23(27-17-22(29)26-15-14-18-10-6-5-7-11-18)28-20-16-24(2,3)30-21-13-9-8-12-19(20)21;/h5-13,20H,4,14-17H2,1-3H3,(H,26,29)(H2,25,27,28);1H. The molecule has 0 saturated carbocycles. The number of ether oxygens (including phenoxy) is 1. The number of carbonyl (C=O) groups is 1. The summed E-state index contributed by atoms with van der Waals surface area (Å²) in [6.07, 6.45) is 1.61. The number of hydrogen-bond acceptors (Lipinski definition) is 3. The number of hydrogen-bond donors (Lipinski definition) is 3. The first kappa shape index (κ1) is 25.0. The molecule has 0 aromatic heterocycles. The number of amides is 1. The number of rotatable bonds is 7. The quantitative estimate of drug-likeness (QED) is 0.286. The molecule has 1 heterocycles. The van der Waals surface area contributed by atoms with Crippen molar-refractivity contribution in [3.05, 3.63) is 65.7 Å². The monoisotopic (exact) mass is 536 g/mol. The zero-order chi connectivity index (χ0) is 21.4. The van der Waals surface area contributed by atoms with Crippen LogP contribution in [-0.4, -0.2) is 37.1 Å². The van der Waals surface area contributed by atoms with Gasteiger partial charge in [0.05, 0.1) is 6.04 Å². The Labute approximate surface area is 202 Å². The number of benzene rings is 2. The van der Waals surface area contributed by atoms with Gasteiger partial charge in [-0.05, 0) is 38.8 Å². The molecule has 2 aromatic rings. The smallest absolute Gasteiger partial charge is 0.241 e. The maximum Gasteiger partial charge on any atom is 0.241 e. The normalized spacial score (nSPS) is 16.9. The number of nitrogens with zero attached hydrogens (tertiary/aromatic N) is 1. The molecule has 1 atom stereocenters. The summed E-state index contributed by atoms with van der Waals surface area (Å²) in [6.45, 7) is 7.58. The summed E-state index contributed by atoms with van der Waals surface area (Å²) in [7, 11) is 0. The highest BCUT2D eigenvalue weighted by Gasteiger charge is 2.33. The number of halogens is 1. The van der Waals surface area contributed by atoms with Gasteiger partial charge in [0.25, 0.3) is 0 Å². The average molecular weight is 536 g/mol. The Balaban J connectivity index is 0.00000341. The van der Waals surface area contributed by atoms with E-state index < -0.39 is 0 Å². The number of guanidine groups is 1. The van der Waals surface area contributed by atoms with Crippen molar-refractivity contribution < 1.29 is 9.53 Å². The van der Waals surface area contributed by atoms with E-state index in [1.165, 1.54) is 5.56 Å². The molecule has 0 saturated heterocycles. The van der Waals surface area contributed by atoms with Crippen LogP contribution in [0, 0.1) is 0 Å². The summed E-state index contributed by atoms with van der Waals surface area (Å²) in [5, 5.41) is 9.67. The van der Waals surface area contributed by atoms with Gasteiger partial charge in [0.2, 0.25) is 5.91 Å². The molecule has 0 radical (unpaired) electrons. The summed E-state index contributed by atoms with van der Waals surface area (Å²) in [5.74, 6) is 1.44. The Bertz CT molecular complexity index is 871. The van der Waals surface area contributed by atoms with Crippen molar-refractivity contribution in [1.82, 2.24) is 16.0 Å². The first-order valence-corrected chi connectivity index (χ1v) is 10.6. The highest BCUT2D eigenvalue weighted by Crippen LogP contribution is 2.39. The lowest BCUT2D eigenvalue weighted by atomic mass is 9.90. The van der Waals surface area contributed by atoms with Crippen LogP contribution < -0.4 is 20.7 Å². The minimum absolute atomic E-state index is 0. The molecule has 0 spiro atoms. The fourth-order valence-electron chi connectivity index (χ4n) is 3.61. The zero-order valence-electron chi connectivity index (χ0n) is 18.5. The SMILES string of the molecule is CCNC(=NCC(=O)NCCc1ccccc1)NC1CC(C)(C)Oc2ccccc21.I. The Kier molecular flexibility index (Phi) is 9.61. The number of fused-ring (bicyclic) bond motifs is 1. The third kappa shape index (κ3) is 7.72. The van der Waals surface area contributed by atoms with Gasteiger partial charge in [0.15, 0.2) is 5.96 Å². The van der Waals surface area contributed by atoms with E-state index in [2.05, 4.69) is 53.0 Å². The van der Waals surface area contributed by atoms with Gasteiger partial charge in [-0.2, -0.15) is 0 Å². The van der Waals surface area contributed by atoms with Crippen LogP contribution in [0.3, 0.4) is 0 Å². The van der Waals surface area contributed by atoms with Gasteiger partial charge in [-0.25, -0.2) is 4.99 Å². The second kappa shape index (κ2) is 11.9. The maximum absolute atomic E-state index is 12.2. The molecule has 31 heavy (non-hydrogen) atoms. The molecule has 0 fully saturated rings. The Morgan fingerprint density at radius 1 is 1.10 bits per heavy atom. The first-order chi connectivity index (χ1) is 14.5. The molecule has 3 N–H and O–H groups in total. The van der Waals surface area contributed by atoms with Crippen molar-refractivity contribution in [2.24, 2.45) is 4.99 Å². The van der Waals surface area contributed by atoms with Crippen molar-refractivity contribution in [3.8, 4) is 5.75 Å². The Morgan fingerprint density at radius 2 is 1.81 bits per heavy atom. The van der Waals surface area contributed by atoms with Crippen LogP contribution in [0.4, 0.5) is 0 Å². The molecule has 1 aliphatic heterocycles. The summed E-state index contributed by atoms with van der Waals surface area (Å²) in [5.41, 5.74) is 2.03. The molecule has 6 nitrogen and oxygen atoms in total. The Hall–Kier alpha value is -2.29. The van der Waals surface area contributed by atoms with Crippen LogP contribution in [-0.2, 0) is 11.2 Å². The van der Waals surface area contributed by atoms with Crippen LogP contribution in [0.25, 0.3) is 0 Å². The molecule has 1 amide bonds. The molecule has 1 aliphatic rings. The second-order valence-corrected chi connectivity index (χ2v) is 8.08.